The lowest BCUT2D eigenvalue weighted by molar-refractivity contribution is 0.103. The van der Waals surface area contributed by atoms with Crippen molar-refractivity contribution in [1.29, 1.82) is 0 Å². The molecule has 0 unspecified atom stereocenters. The fourth-order valence-corrected chi connectivity index (χ4v) is 2.70. The number of aromatic nitrogens is 2. The van der Waals surface area contributed by atoms with E-state index >= 15 is 0 Å². The van der Waals surface area contributed by atoms with Gasteiger partial charge in [0.25, 0.3) is 5.91 Å². The molecule has 1 aromatic heterocycles. The molecule has 1 aromatic carbocycles. The quantitative estimate of drug-likeness (QED) is 0.926. The molecule has 1 heterocycles. The van der Waals surface area contributed by atoms with Gasteiger partial charge in [0.05, 0.1) is 11.9 Å². The van der Waals surface area contributed by atoms with Gasteiger partial charge in [-0.2, -0.15) is 0 Å². The van der Waals surface area contributed by atoms with Crippen molar-refractivity contribution in [3.63, 3.8) is 0 Å². The molecule has 0 atom stereocenters. The van der Waals surface area contributed by atoms with E-state index in [1.54, 1.807) is 0 Å². The number of halogens is 1. The monoisotopic (exact) mass is 311 g/mol. The molecule has 0 spiro atoms. The van der Waals surface area contributed by atoms with Crippen LogP contribution in [0.3, 0.4) is 0 Å². The van der Waals surface area contributed by atoms with E-state index in [9.17, 15) is 4.79 Å². The minimum Gasteiger partial charge on any atom is -0.320 e. The summed E-state index contributed by atoms with van der Waals surface area (Å²) in [7, 11) is 0. The van der Waals surface area contributed by atoms with E-state index in [-0.39, 0.29) is 5.91 Å². The van der Waals surface area contributed by atoms with Gasteiger partial charge in [-0.25, -0.2) is 0 Å². The van der Waals surface area contributed by atoms with Gasteiger partial charge in [0.1, 0.15) is 4.88 Å². The van der Waals surface area contributed by atoms with Crippen LogP contribution in [0.1, 0.15) is 20.8 Å². The smallest absolute Gasteiger partial charge is 0.269 e. The lowest BCUT2D eigenvalue weighted by atomic mass is 10.1. The highest BCUT2D eigenvalue weighted by Gasteiger charge is 2.12. The second-order valence-corrected chi connectivity index (χ2v) is 5.31. The Kier molecular flexibility index (Phi) is 3.54. The average molecular weight is 312 g/mol. The van der Waals surface area contributed by atoms with Crippen LogP contribution in [0.4, 0.5) is 5.69 Å². The van der Waals surface area contributed by atoms with Crippen LogP contribution < -0.4 is 5.32 Å². The van der Waals surface area contributed by atoms with Gasteiger partial charge in [0, 0.05) is 4.47 Å². The SMILES string of the molecule is Cc1cc(C)c(NC(=O)c2cnns2)c(Br)c1. The summed E-state index contributed by atoms with van der Waals surface area (Å²) < 4.78 is 4.54. The number of anilines is 1. The zero-order chi connectivity index (χ0) is 12.4. The van der Waals surface area contributed by atoms with Crippen LogP contribution in [-0.4, -0.2) is 15.5 Å². The van der Waals surface area contributed by atoms with Crippen molar-refractivity contribution in [1.82, 2.24) is 9.59 Å². The molecule has 4 nitrogen and oxygen atoms in total. The highest BCUT2D eigenvalue weighted by molar-refractivity contribution is 9.10. The number of nitrogens with one attached hydrogen (secondary N) is 1. The number of aryl methyl sites for hydroxylation is 2. The average Bonchev–Trinajstić information content (AvgIpc) is 2.76. The van der Waals surface area contributed by atoms with E-state index in [2.05, 4.69) is 30.8 Å². The summed E-state index contributed by atoms with van der Waals surface area (Å²) in [4.78, 5) is 12.4. The van der Waals surface area contributed by atoms with Crippen LogP contribution in [0.15, 0.2) is 22.8 Å². The first kappa shape index (κ1) is 12.2. The van der Waals surface area contributed by atoms with Crippen LogP contribution >= 0.6 is 27.5 Å². The maximum atomic E-state index is 11.9. The second-order valence-electron chi connectivity index (χ2n) is 3.67. The first-order valence-corrected chi connectivity index (χ1v) is 6.50. The minimum absolute atomic E-state index is 0.187. The van der Waals surface area contributed by atoms with Crippen molar-refractivity contribution in [2.24, 2.45) is 0 Å². The normalized spacial score (nSPS) is 10.3. The summed E-state index contributed by atoms with van der Waals surface area (Å²) in [5, 5.41) is 6.49. The molecule has 88 valence electrons. The van der Waals surface area contributed by atoms with Crippen LogP contribution in [0.25, 0.3) is 0 Å². The highest BCUT2D eigenvalue weighted by Crippen LogP contribution is 2.28. The van der Waals surface area contributed by atoms with Gasteiger partial charge >= 0.3 is 0 Å². The van der Waals surface area contributed by atoms with E-state index in [1.807, 2.05) is 26.0 Å². The molecule has 0 radical (unpaired) electrons. The number of nitrogens with zero attached hydrogens (tertiary/aromatic N) is 2. The summed E-state index contributed by atoms with van der Waals surface area (Å²) in [5.41, 5.74) is 2.95. The third-order valence-corrected chi connectivity index (χ3v) is 3.54. The number of carbonyl (C=O) groups is 1. The van der Waals surface area contributed by atoms with Gasteiger partial charge in [0.15, 0.2) is 0 Å². The van der Waals surface area contributed by atoms with E-state index in [0.717, 1.165) is 32.8 Å². The molecule has 6 heteroatoms. The lowest BCUT2D eigenvalue weighted by Crippen LogP contribution is -2.11. The molecular weight excluding hydrogens is 302 g/mol. The molecule has 2 rings (SSSR count). The van der Waals surface area contributed by atoms with E-state index in [4.69, 9.17) is 0 Å². The summed E-state index contributed by atoms with van der Waals surface area (Å²) in [5.74, 6) is -0.187. The number of carbonyl (C=O) groups excluding carboxylic acids is 1. The predicted molar refractivity (Wildman–Crippen MR) is 71.5 cm³/mol. The molecule has 0 bridgehead atoms. The third kappa shape index (κ3) is 2.70. The Balaban J connectivity index is 2.28. The number of benzene rings is 1. The number of amides is 1. The second kappa shape index (κ2) is 4.93. The maximum Gasteiger partial charge on any atom is 0.269 e. The summed E-state index contributed by atoms with van der Waals surface area (Å²) >= 11 is 4.52. The van der Waals surface area contributed by atoms with Crippen LogP contribution in [-0.2, 0) is 0 Å². The molecule has 0 aliphatic heterocycles. The van der Waals surface area contributed by atoms with Crippen LogP contribution in [0, 0.1) is 13.8 Å². The molecule has 1 amide bonds. The minimum atomic E-state index is -0.187. The van der Waals surface area contributed by atoms with Gasteiger partial charge < -0.3 is 5.32 Å². The van der Waals surface area contributed by atoms with Gasteiger partial charge in [-0.15, -0.1) is 5.10 Å². The van der Waals surface area contributed by atoms with Crippen molar-refractivity contribution in [3.8, 4) is 0 Å². The first-order chi connectivity index (χ1) is 8.08. The fraction of sp³-hybridized carbons (Fsp3) is 0.182. The molecular formula is C11H10BrN3OS. The topological polar surface area (TPSA) is 54.9 Å². The van der Waals surface area contributed by atoms with E-state index in [1.165, 1.54) is 6.20 Å². The van der Waals surface area contributed by atoms with Gasteiger partial charge in [-0.05, 0) is 58.5 Å². The largest absolute Gasteiger partial charge is 0.320 e. The predicted octanol–water partition coefficient (Wildman–Crippen LogP) is 3.17. The maximum absolute atomic E-state index is 11.9. The lowest BCUT2D eigenvalue weighted by Gasteiger charge is -2.10. The fourth-order valence-electron chi connectivity index (χ4n) is 1.52. The molecule has 2 aromatic rings. The standard InChI is InChI=1S/C11H10BrN3OS/c1-6-3-7(2)10(8(12)4-6)14-11(16)9-5-13-15-17-9/h3-5H,1-2H3,(H,14,16). The summed E-state index contributed by atoms with van der Waals surface area (Å²) in [6, 6.07) is 3.98. The molecule has 0 aliphatic carbocycles. The Hall–Kier alpha value is -1.27. The van der Waals surface area contributed by atoms with Crippen molar-refractivity contribution < 1.29 is 4.79 Å². The highest BCUT2D eigenvalue weighted by atomic mass is 79.9. The molecule has 17 heavy (non-hydrogen) atoms. The van der Waals surface area contributed by atoms with E-state index in [0.29, 0.717) is 4.88 Å². The Morgan fingerprint density at radius 2 is 2.18 bits per heavy atom. The van der Waals surface area contributed by atoms with Gasteiger partial charge in [-0.3, -0.25) is 4.79 Å². The molecule has 0 saturated heterocycles. The molecule has 0 fully saturated rings. The van der Waals surface area contributed by atoms with Gasteiger partial charge in [-0.1, -0.05) is 10.6 Å². The van der Waals surface area contributed by atoms with Crippen LogP contribution in [0.5, 0.6) is 0 Å². The van der Waals surface area contributed by atoms with Crippen molar-refractivity contribution >= 4 is 39.1 Å². The molecule has 0 saturated carbocycles. The molecule has 0 aliphatic rings. The van der Waals surface area contributed by atoms with Crippen LogP contribution in [0.2, 0.25) is 0 Å². The zero-order valence-corrected chi connectivity index (χ0v) is 11.7. The Morgan fingerprint density at radius 1 is 1.41 bits per heavy atom. The number of hydrogen-bond acceptors (Lipinski definition) is 4. The van der Waals surface area contributed by atoms with Crippen molar-refractivity contribution in [2.75, 3.05) is 5.32 Å². The first-order valence-electron chi connectivity index (χ1n) is 4.93. The third-order valence-electron chi connectivity index (χ3n) is 2.26. The molecule has 1 N–H and O–H groups in total. The zero-order valence-electron chi connectivity index (χ0n) is 9.32. The van der Waals surface area contributed by atoms with Gasteiger partial charge in [0.2, 0.25) is 0 Å². The summed E-state index contributed by atoms with van der Waals surface area (Å²) in [6.07, 6.45) is 1.46. The van der Waals surface area contributed by atoms with E-state index < -0.39 is 0 Å². The Bertz CT molecular complexity index is 531. The number of rotatable bonds is 2. The van der Waals surface area contributed by atoms with Crippen molar-refractivity contribution in [3.05, 3.63) is 38.8 Å². The Morgan fingerprint density at radius 3 is 2.76 bits per heavy atom. The number of hydrogen-bond donors (Lipinski definition) is 1. The van der Waals surface area contributed by atoms with Crippen molar-refractivity contribution in [2.45, 2.75) is 13.8 Å². The Labute approximate surface area is 111 Å². The summed E-state index contributed by atoms with van der Waals surface area (Å²) in [6.45, 7) is 3.97.